The molecule has 1 rings (SSSR count). The molecule has 0 aromatic heterocycles. The van der Waals surface area contributed by atoms with Crippen LogP contribution in [0.3, 0.4) is 0 Å². The van der Waals surface area contributed by atoms with Gasteiger partial charge in [-0.25, -0.2) is 4.57 Å². The van der Waals surface area contributed by atoms with Crippen molar-refractivity contribution in [2.75, 3.05) is 13.2 Å². The minimum absolute atomic E-state index is 0.00900. The van der Waals surface area contributed by atoms with Crippen LogP contribution in [0.5, 0.6) is 0 Å². The predicted octanol–water partition coefficient (Wildman–Crippen LogP) is 6.19. The van der Waals surface area contributed by atoms with Gasteiger partial charge in [0.05, 0.1) is 24.9 Å². The molecular formula is C49H81O16P. The summed E-state index contributed by atoms with van der Waals surface area (Å²) in [6, 6.07) is 0. The zero-order chi connectivity index (χ0) is 49.0. The lowest BCUT2D eigenvalue weighted by Gasteiger charge is -2.41. The van der Waals surface area contributed by atoms with E-state index in [2.05, 4.69) is 31.2 Å². The van der Waals surface area contributed by atoms with E-state index in [9.17, 15) is 59.9 Å². The van der Waals surface area contributed by atoms with Crippen LogP contribution in [0, 0.1) is 0 Å². The summed E-state index contributed by atoms with van der Waals surface area (Å²) in [5.74, 6) is -1.45. The Morgan fingerprint density at radius 2 is 1.15 bits per heavy atom. The molecule has 11 atom stereocenters. The van der Waals surface area contributed by atoms with E-state index in [1.54, 1.807) is 42.5 Å². The minimum atomic E-state index is -5.21. The number of allylic oxidation sites excluding steroid dienone is 11. The quantitative estimate of drug-likeness (QED) is 0.0110. The van der Waals surface area contributed by atoms with Gasteiger partial charge in [-0.2, -0.15) is 0 Å². The summed E-state index contributed by atoms with van der Waals surface area (Å²) >= 11 is 0. The Hall–Kier alpha value is -3.09. The van der Waals surface area contributed by atoms with Gasteiger partial charge in [-0.15, -0.1) is 0 Å². The number of carbonyl (C=O) groups is 2. The van der Waals surface area contributed by atoms with Crippen molar-refractivity contribution in [3.63, 3.8) is 0 Å². The Morgan fingerprint density at radius 3 is 1.77 bits per heavy atom. The van der Waals surface area contributed by atoms with Gasteiger partial charge in [0.25, 0.3) is 0 Å². The molecule has 0 amide bonds. The molecule has 1 saturated carbocycles. The molecule has 0 aromatic rings. The lowest BCUT2D eigenvalue weighted by molar-refractivity contribution is -0.220. The SMILES string of the molecule is CC/C=C\C[C@@H](O)/C=C/C=C/C=C\C=C/[C@H](O)[C@@H](O)CCCC(=O)OC[C@H](COP(=O)(O)OC1[C@H](O)[C@H](O)C(O)[C@H](O)[C@H]1O)OC(=O)CCCCCCCCC/C=C\C/C=C\CCCCC. The molecule has 0 saturated heterocycles. The van der Waals surface area contributed by atoms with Gasteiger partial charge in [0.15, 0.2) is 6.10 Å². The third kappa shape index (κ3) is 29.6. The monoisotopic (exact) mass is 957 g/mol. The van der Waals surface area contributed by atoms with E-state index in [1.165, 1.54) is 25.3 Å². The van der Waals surface area contributed by atoms with E-state index in [0.717, 1.165) is 64.2 Å². The highest BCUT2D eigenvalue weighted by Gasteiger charge is 2.51. The molecule has 0 heterocycles. The normalized spacial score (nSPS) is 23.5. The second-order valence-electron chi connectivity index (χ2n) is 16.4. The highest BCUT2D eigenvalue weighted by Crippen LogP contribution is 2.47. The van der Waals surface area contributed by atoms with E-state index in [4.69, 9.17) is 18.5 Å². The first-order valence-electron chi connectivity index (χ1n) is 23.7. The summed E-state index contributed by atoms with van der Waals surface area (Å²) in [6.07, 6.45) is 24.1. The number of aliphatic hydroxyl groups is 8. The molecule has 0 bridgehead atoms. The molecule has 66 heavy (non-hydrogen) atoms. The number of aliphatic hydroxyl groups excluding tert-OH is 8. The predicted molar refractivity (Wildman–Crippen MR) is 253 cm³/mol. The van der Waals surface area contributed by atoms with Gasteiger partial charge in [0.2, 0.25) is 0 Å². The van der Waals surface area contributed by atoms with Crippen molar-refractivity contribution in [2.45, 2.75) is 197 Å². The fourth-order valence-corrected chi connectivity index (χ4v) is 7.57. The largest absolute Gasteiger partial charge is 0.472 e. The van der Waals surface area contributed by atoms with Crippen molar-refractivity contribution in [1.29, 1.82) is 0 Å². The third-order valence-electron chi connectivity index (χ3n) is 10.6. The molecule has 16 nitrogen and oxygen atoms in total. The highest BCUT2D eigenvalue weighted by molar-refractivity contribution is 7.47. The van der Waals surface area contributed by atoms with Crippen LogP contribution < -0.4 is 0 Å². The highest BCUT2D eigenvalue weighted by atomic mass is 31.2. The average Bonchev–Trinajstić information content (AvgIpc) is 3.29. The van der Waals surface area contributed by atoms with Gasteiger partial charge < -0.3 is 55.2 Å². The van der Waals surface area contributed by atoms with E-state index >= 15 is 0 Å². The van der Waals surface area contributed by atoms with Crippen molar-refractivity contribution in [3.05, 3.63) is 85.1 Å². The van der Waals surface area contributed by atoms with Crippen LogP contribution in [0.1, 0.15) is 136 Å². The maximum atomic E-state index is 12.8. The van der Waals surface area contributed by atoms with Crippen LogP contribution >= 0.6 is 7.82 Å². The summed E-state index contributed by atoms with van der Waals surface area (Å²) in [5.41, 5.74) is 0. The zero-order valence-corrected chi connectivity index (χ0v) is 39.9. The van der Waals surface area contributed by atoms with Gasteiger partial charge in [0.1, 0.15) is 43.2 Å². The van der Waals surface area contributed by atoms with Crippen LogP contribution in [-0.2, 0) is 32.7 Å². The number of unbranched alkanes of at least 4 members (excludes halogenated alkanes) is 10. The second-order valence-corrected chi connectivity index (χ2v) is 17.8. The number of carbonyl (C=O) groups excluding carboxylic acids is 2. The zero-order valence-electron chi connectivity index (χ0n) is 39.0. The molecule has 1 fully saturated rings. The van der Waals surface area contributed by atoms with Crippen molar-refractivity contribution in [3.8, 4) is 0 Å². The Labute approximate surface area is 392 Å². The third-order valence-corrected chi connectivity index (χ3v) is 11.5. The van der Waals surface area contributed by atoms with Crippen LogP contribution in [0.25, 0.3) is 0 Å². The van der Waals surface area contributed by atoms with Gasteiger partial charge in [0, 0.05) is 12.8 Å². The number of rotatable bonds is 37. The molecule has 0 aromatic carbocycles. The van der Waals surface area contributed by atoms with Crippen molar-refractivity contribution < 1.29 is 78.4 Å². The summed E-state index contributed by atoms with van der Waals surface area (Å²) in [7, 11) is -5.21. The minimum Gasteiger partial charge on any atom is -0.462 e. The van der Waals surface area contributed by atoms with Crippen molar-refractivity contribution in [1.82, 2.24) is 0 Å². The molecule has 3 unspecified atom stereocenters. The number of phosphoric ester groups is 1. The molecule has 9 N–H and O–H groups in total. The number of esters is 2. The van der Waals surface area contributed by atoms with Gasteiger partial charge >= 0.3 is 19.8 Å². The Morgan fingerprint density at radius 1 is 0.606 bits per heavy atom. The Bertz CT molecular complexity index is 1530. The maximum absolute atomic E-state index is 12.8. The first kappa shape index (κ1) is 60.9. The van der Waals surface area contributed by atoms with E-state index < -0.39 is 94.0 Å². The molecule has 0 spiro atoms. The fraction of sp³-hybridized carbons (Fsp3) is 0.673. The van der Waals surface area contributed by atoms with Crippen LogP contribution in [0.2, 0.25) is 0 Å². The lowest BCUT2D eigenvalue weighted by atomic mass is 9.85. The summed E-state index contributed by atoms with van der Waals surface area (Å²) in [4.78, 5) is 35.8. The van der Waals surface area contributed by atoms with Gasteiger partial charge in [-0.3, -0.25) is 18.6 Å². The number of phosphoric acid groups is 1. The molecule has 378 valence electrons. The van der Waals surface area contributed by atoms with Crippen LogP contribution in [-0.4, -0.2) is 132 Å². The standard InChI is InChI=1S/C49H81O16P/c1-3-5-7-8-9-10-11-12-13-14-15-16-17-18-19-24-28-34-43(54)64-39(37-63-66(60,61)65-49-47(58)45(56)44(55)46(57)48(49)59)36-62-42(53)35-29-33-41(52)40(51)32-27-23-21-20-22-26-31-38(50)30-25-6-4-2/h6,9-10,12-13,20-23,25-27,31-32,38-41,44-52,55-59H,3-5,7-8,11,14-19,24,28-30,33-37H2,1-2H3,(H,60,61)/b10-9-,13-12-,22-20+,23-21-,25-6-,31-26+,32-27-/t38-,39-,40+,41+,44?,45-,46+,47-,48-,49?/m1/s1. The molecule has 1 aliphatic carbocycles. The summed E-state index contributed by atoms with van der Waals surface area (Å²) in [5, 5.41) is 80.7. The Balaban J connectivity index is 2.61. The van der Waals surface area contributed by atoms with E-state index in [-0.39, 0.29) is 25.7 Å². The number of ether oxygens (including phenoxy) is 2. The van der Waals surface area contributed by atoms with Crippen LogP contribution in [0.4, 0.5) is 0 Å². The van der Waals surface area contributed by atoms with Gasteiger partial charge in [-0.1, -0.05) is 144 Å². The number of hydrogen-bond acceptors (Lipinski definition) is 15. The topological polar surface area (TPSA) is 270 Å². The number of hydrogen-bond donors (Lipinski definition) is 9. The van der Waals surface area contributed by atoms with E-state index in [1.807, 2.05) is 19.1 Å². The van der Waals surface area contributed by atoms with Crippen molar-refractivity contribution in [2.24, 2.45) is 0 Å². The lowest BCUT2D eigenvalue weighted by Crippen LogP contribution is -2.64. The summed E-state index contributed by atoms with van der Waals surface area (Å²) < 4.78 is 33.3. The molecule has 1 aliphatic rings. The molecule has 0 radical (unpaired) electrons. The average molecular weight is 957 g/mol. The molecular weight excluding hydrogens is 875 g/mol. The molecule has 0 aliphatic heterocycles. The molecule has 17 heteroatoms. The van der Waals surface area contributed by atoms with Gasteiger partial charge in [-0.05, 0) is 64.2 Å². The summed E-state index contributed by atoms with van der Waals surface area (Å²) in [6.45, 7) is 2.77. The smallest absolute Gasteiger partial charge is 0.462 e. The second kappa shape index (κ2) is 37.8. The van der Waals surface area contributed by atoms with Crippen molar-refractivity contribution >= 4 is 19.8 Å². The first-order chi connectivity index (χ1) is 31.6. The van der Waals surface area contributed by atoms with E-state index in [0.29, 0.717) is 12.8 Å². The maximum Gasteiger partial charge on any atom is 0.472 e. The van der Waals surface area contributed by atoms with Crippen LogP contribution in [0.15, 0.2) is 85.1 Å². The fourth-order valence-electron chi connectivity index (χ4n) is 6.60. The first-order valence-corrected chi connectivity index (χ1v) is 25.2. The Kier molecular flexibility index (Phi) is 34.9.